The Kier molecular flexibility index (Phi) is 3.57. The summed E-state index contributed by atoms with van der Waals surface area (Å²) >= 11 is 0. The van der Waals surface area contributed by atoms with Crippen LogP contribution >= 0.6 is 0 Å². The average molecular weight is 217 g/mol. The fourth-order valence-corrected chi connectivity index (χ4v) is 4.17. The molecule has 2 atom stereocenters. The van der Waals surface area contributed by atoms with Gasteiger partial charge in [-0.3, -0.25) is 0 Å². The molecule has 2 fully saturated rings. The van der Waals surface area contributed by atoms with Gasteiger partial charge >= 0.3 is 0 Å². The van der Waals surface area contributed by atoms with Gasteiger partial charge in [0.05, 0.1) is 17.1 Å². The molecule has 1 aliphatic heterocycles. The van der Waals surface area contributed by atoms with Crippen molar-refractivity contribution < 1.29 is 9.32 Å². The lowest BCUT2D eigenvalue weighted by atomic mass is 10.1. The number of hydrogen-bond acceptors (Lipinski definition) is 2. The highest BCUT2D eigenvalue weighted by Crippen LogP contribution is 2.26. The molecule has 0 aromatic carbocycles. The first kappa shape index (κ1) is 10.6. The van der Waals surface area contributed by atoms with Gasteiger partial charge in [0.2, 0.25) is 0 Å². The fourth-order valence-electron chi connectivity index (χ4n) is 2.39. The maximum atomic E-state index is 12.1. The second-order valence-corrected chi connectivity index (χ2v) is 6.10. The van der Waals surface area contributed by atoms with E-state index >= 15 is 0 Å². The summed E-state index contributed by atoms with van der Waals surface area (Å²) in [4.78, 5) is 0. The van der Waals surface area contributed by atoms with Crippen LogP contribution in [-0.4, -0.2) is 38.1 Å². The molecule has 0 radical (unpaired) electrons. The van der Waals surface area contributed by atoms with Gasteiger partial charge in [-0.25, -0.2) is 8.51 Å². The van der Waals surface area contributed by atoms with Crippen LogP contribution in [0, 0.1) is 0 Å². The van der Waals surface area contributed by atoms with Crippen molar-refractivity contribution in [3.05, 3.63) is 0 Å². The fraction of sp³-hybridized carbons (Fsp3) is 1.00. The van der Waals surface area contributed by atoms with E-state index in [1.165, 1.54) is 12.8 Å². The third-order valence-corrected chi connectivity index (χ3v) is 5.08. The Balaban J connectivity index is 1.89. The molecule has 1 saturated carbocycles. The molecule has 4 heteroatoms. The highest BCUT2D eigenvalue weighted by Gasteiger charge is 2.29. The molecular formula is C10H19NO2S. The maximum absolute atomic E-state index is 12.1. The molecule has 2 unspecified atom stereocenters. The molecule has 14 heavy (non-hydrogen) atoms. The van der Waals surface area contributed by atoms with Gasteiger partial charge in [-0.2, -0.15) is 0 Å². The number of hydrogen-bond donors (Lipinski definition) is 1. The SMILES string of the molecule is O=S(C1CCCC1)N1CCCC(O)C1. The first-order valence-electron chi connectivity index (χ1n) is 5.61. The molecule has 1 N–H and O–H groups in total. The van der Waals surface area contributed by atoms with Crippen LogP contribution in [0.25, 0.3) is 0 Å². The van der Waals surface area contributed by atoms with E-state index in [2.05, 4.69) is 0 Å². The van der Waals surface area contributed by atoms with Gasteiger partial charge < -0.3 is 5.11 Å². The van der Waals surface area contributed by atoms with Gasteiger partial charge in [-0.1, -0.05) is 12.8 Å². The van der Waals surface area contributed by atoms with E-state index in [1.54, 1.807) is 0 Å². The van der Waals surface area contributed by atoms with E-state index in [4.69, 9.17) is 0 Å². The first-order chi connectivity index (χ1) is 6.77. The Morgan fingerprint density at radius 3 is 2.50 bits per heavy atom. The van der Waals surface area contributed by atoms with E-state index in [0.29, 0.717) is 11.8 Å². The minimum Gasteiger partial charge on any atom is -0.392 e. The molecular weight excluding hydrogens is 198 g/mol. The summed E-state index contributed by atoms with van der Waals surface area (Å²) in [7, 11) is -0.829. The second kappa shape index (κ2) is 4.73. The zero-order valence-corrected chi connectivity index (χ0v) is 9.34. The predicted molar refractivity (Wildman–Crippen MR) is 57.2 cm³/mol. The van der Waals surface area contributed by atoms with Crippen molar-refractivity contribution in [1.29, 1.82) is 0 Å². The third-order valence-electron chi connectivity index (χ3n) is 3.20. The van der Waals surface area contributed by atoms with Crippen molar-refractivity contribution in [2.75, 3.05) is 13.1 Å². The highest BCUT2D eigenvalue weighted by molar-refractivity contribution is 7.83. The van der Waals surface area contributed by atoms with Crippen LogP contribution in [0.5, 0.6) is 0 Å². The lowest BCUT2D eigenvalue weighted by molar-refractivity contribution is 0.110. The quantitative estimate of drug-likeness (QED) is 0.751. The zero-order chi connectivity index (χ0) is 9.97. The van der Waals surface area contributed by atoms with Gasteiger partial charge in [0, 0.05) is 18.3 Å². The molecule has 1 aliphatic carbocycles. The topological polar surface area (TPSA) is 40.5 Å². The molecule has 3 nitrogen and oxygen atoms in total. The summed E-state index contributed by atoms with van der Waals surface area (Å²) in [6, 6.07) is 0. The summed E-state index contributed by atoms with van der Waals surface area (Å²) in [5.74, 6) is 0. The normalized spacial score (nSPS) is 33.4. The minimum atomic E-state index is -0.829. The van der Waals surface area contributed by atoms with E-state index in [-0.39, 0.29) is 6.10 Å². The van der Waals surface area contributed by atoms with Crippen molar-refractivity contribution in [2.45, 2.75) is 49.9 Å². The summed E-state index contributed by atoms with van der Waals surface area (Å²) in [5, 5.41) is 9.87. The van der Waals surface area contributed by atoms with E-state index in [1.807, 2.05) is 4.31 Å². The van der Waals surface area contributed by atoms with Crippen molar-refractivity contribution in [3.8, 4) is 0 Å². The smallest absolute Gasteiger partial charge is 0.0975 e. The Morgan fingerprint density at radius 2 is 1.86 bits per heavy atom. The first-order valence-corrected chi connectivity index (χ1v) is 6.78. The zero-order valence-electron chi connectivity index (χ0n) is 8.52. The molecule has 0 amide bonds. The molecule has 0 bridgehead atoms. The van der Waals surface area contributed by atoms with E-state index < -0.39 is 11.0 Å². The Morgan fingerprint density at radius 1 is 1.14 bits per heavy atom. The molecule has 0 aromatic heterocycles. The summed E-state index contributed by atoms with van der Waals surface area (Å²) in [5.41, 5.74) is 0. The Hall–Kier alpha value is 0.0700. The van der Waals surface area contributed by atoms with Gasteiger partial charge in [0.25, 0.3) is 0 Å². The highest BCUT2D eigenvalue weighted by atomic mass is 32.2. The molecule has 1 saturated heterocycles. The lowest BCUT2D eigenvalue weighted by Gasteiger charge is -2.30. The molecule has 82 valence electrons. The third kappa shape index (κ3) is 2.35. The van der Waals surface area contributed by atoms with Gasteiger partial charge in [-0.05, 0) is 25.7 Å². The van der Waals surface area contributed by atoms with Gasteiger partial charge in [0.1, 0.15) is 0 Å². The number of aliphatic hydroxyl groups is 1. The van der Waals surface area contributed by atoms with Crippen LogP contribution < -0.4 is 0 Å². The van der Waals surface area contributed by atoms with Crippen LogP contribution in [0.4, 0.5) is 0 Å². The van der Waals surface area contributed by atoms with Crippen molar-refractivity contribution in [1.82, 2.24) is 4.31 Å². The maximum Gasteiger partial charge on any atom is 0.0975 e. The summed E-state index contributed by atoms with van der Waals surface area (Å²) in [6.07, 6.45) is 6.28. The number of nitrogens with zero attached hydrogens (tertiary/aromatic N) is 1. The predicted octanol–water partition coefficient (Wildman–Crippen LogP) is 1.05. The van der Waals surface area contributed by atoms with Gasteiger partial charge in [-0.15, -0.1) is 0 Å². The number of aliphatic hydroxyl groups excluding tert-OH is 1. The minimum absolute atomic E-state index is 0.255. The lowest BCUT2D eigenvalue weighted by Crippen LogP contribution is -2.42. The van der Waals surface area contributed by atoms with Crippen molar-refractivity contribution >= 4 is 11.0 Å². The van der Waals surface area contributed by atoms with Crippen LogP contribution in [0.2, 0.25) is 0 Å². The van der Waals surface area contributed by atoms with Crippen LogP contribution in [-0.2, 0) is 11.0 Å². The standard InChI is InChI=1S/C10H19NO2S/c12-9-4-3-7-11(8-9)14(13)10-5-1-2-6-10/h9-10,12H,1-8H2. The Labute approximate surface area is 88.1 Å². The number of rotatable bonds is 2. The average Bonchev–Trinajstić information content (AvgIpc) is 2.69. The number of piperidine rings is 1. The summed E-state index contributed by atoms with van der Waals surface area (Å²) < 4.78 is 14.0. The van der Waals surface area contributed by atoms with Crippen LogP contribution in [0.3, 0.4) is 0 Å². The molecule has 2 rings (SSSR count). The monoisotopic (exact) mass is 217 g/mol. The largest absolute Gasteiger partial charge is 0.392 e. The molecule has 0 aromatic rings. The second-order valence-electron chi connectivity index (χ2n) is 4.37. The summed E-state index contributed by atoms with van der Waals surface area (Å²) in [6.45, 7) is 1.52. The van der Waals surface area contributed by atoms with Crippen LogP contribution in [0.1, 0.15) is 38.5 Å². The van der Waals surface area contributed by atoms with Crippen molar-refractivity contribution in [2.24, 2.45) is 0 Å². The van der Waals surface area contributed by atoms with E-state index in [0.717, 1.165) is 32.2 Å². The van der Waals surface area contributed by atoms with Gasteiger partial charge in [0.15, 0.2) is 0 Å². The van der Waals surface area contributed by atoms with Crippen molar-refractivity contribution in [3.63, 3.8) is 0 Å². The van der Waals surface area contributed by atoms with Crippen LogP contribution in [0.15, 0.2) is 0 Å². The number of β-amino-alcohol motifs (C(OH)–C–C–N with tert-alkyl or cyclic N) is 1. The Bertz CT molecular complexity index is 216. The molecule has 2 aliphatic rings. The molecule has 0 spiro atoms. The van der Waals surface area contributed by atoms with E-state index in [9.17, 15) is 9.32 Å². The molecule has 1 heterocycles.